The molecule has 0 atom stereocenters. The first-order valence-electron chi connectivity index (χ1n) is 3.27. The monoisotopic (exact) mass is 140 g/mol. The van der Waals surface area contributed by atoms with E-state index in [1.165, 1.54) is 0 Å². The van der Waals surface area contributed by atoms with Gasteiger partial charge in [0.25, 0.3) is 0 Å². The molecule has 1 spiro atoms. The molecule has 1 aliphatic heterocycles. The quantitative estimate of drug-likeness (QED) is 0.363. The highest BCUT2D eigenvalue weighted by Gasteiger charge is 2.79. The molecule has 1 saturated heterocycles. The summed E-state index contributed by atoms with van der Waals surface area (Å²) in [6.45, 7) is 3.82. The topological polar surface area (TPSA) is 43.4 Å². The first kappa shape index (κ1) is 5.89. The lowest BCUT2D eigenvalue weighted by Crippen LogP contribution is -2.45. The van der Waals surface area contributed by atoms with Crippen LogP contribution in [0.15, 0.2) is 0 Å². The summed E-state index contributed by atoms with van der Waals surface area (Å²) in [7, 11) is 0. The number of hydrogen-bond donors (Lipinski definition) is 0. The van der Waals surface area contributed by atoms with Crippen LogP contribution >= 0.6 is 0 Å². The van der Waals surface area contributed by atoms with Crippen LogP contribution in [0.1, 0.15) is 20.3 Å². The smallest absolute Gasteiger partial charge is 0.331 e. The van der Waals surface area contributed by atoms with Gasteiger partial charge in [0, 0.05) is 0 Å². The lowest BCUT2D eigenvalue weighted by Gasteiger charge is -2.24. The Labute approximate surface area is 58.4 Å². The van der Waals surface area contributed by atoms with Crippen LogP contribution in [-0.4, -0.2) is 11.9 Å². The van der Waals surface area contributed by atoms with Crippen molar-refractivity contribution >= 4 is 11.9 Å². The van der Waals surface area contributed by atoms with E-state index in [1.807, 2.05) is 13.8 Å². The number of cyclic esters (lactones) is 2. The van der Waals surface area contributed by atoms with Crippen molar-refractivity contribution in [1.82, 2.24) is 0 Å². The Morgan fingerprint density at radius 2 is 1.70 bits per heavy atom. The highest BCUT2D eigenvalue weighted by molar-refractivity contribution is 6.17. The summed E-state index contributed by atoms with van der Waals surface area (Å²) in [5, 5.41) is 0. The number of carbonyl (C=O) groups excluding carboxylic acids is 2. The SMILES string of the molecule is CC1(C)CC12C(=O)OC2=O. The van der Waals surface area contributed by atoms with Crippen molar-refractivity contribution in [2.75, 3.05) is 0 Å². The molecule has 2 rings (SSSR count). The van der Waals surface area contributed by atoms with Gasteiger partial charge in [-0.2, -0.15) is 0 Å². The minimum absolute atomic E-state index is 0.139. The Balaban J connectivity index is 2.35. The third-order valence-corrected chi connectivity index (χ3v) is 2.62. The summed E-state index contributed by atoms with van der Waals surface area (Å²) in [5.74, 6) is -0.662. The molecule has 2 fully saturated rings. The molecule has 3 nitrogen and oxygen atoms in total. The fourth-order valence-corrected chi connectivity index (χ4v) is 1.61. The van der Waals surface area contributed by atoms with Crippen LogP contribution in [-0.2, 0) is 14.3 Å². The van der Waals surface area contributed by atoms with Gasteiger partial charge in [0.15, 0.2) is 5.41 Å². The van der Waals surface area contributed by atoms with E-state index in [2.05, 4.69) is 4.74 Å². The second kappa shape index (κ2) is 1.13. The van der Waals surface area contributed by atoms with E-state index >= 15 is 0 Å². The molecule has 0 aromatic rings. The van der Waals surface area contributed by atoms with Crippen molar-refractivity contribution < 1.29 is 14.3 Å². The van der Waals surface area contributed by atoms with Crippen molar-refractivity contribution in [1.29, 1.82) is 0 Å². The van der Waals surface area contributed by atoms with Crippen molar-refractivity contribution in [2.24, 2.45) is 10.8 Å². The van der Waals surface area contributed by atoms with Gasteiger partial charge in [-0.3, -0.25) is 9.59 Å². The Morgan fingerprint density at radius 3 is 1.80 bits per heavy atom. The zero-order valence-electron chi connectivity index (χ0n) is 5.93. The molecule has 54 valence electrons. The minimum Gasteiger partial charge on any atom is -0.391 e. The van der Waals surface area contributed by atoms with Gasteiger partial charge in [-0.25, -0.2) is 0 Å². The molecule has 0 amide bonds. The fourth-order valence-electron chi connectivity index (χ4n) is 1.61. The molecule has 1 aliphatic carbocycles. The molecule has 10 heavy (non-hydrogen) atoms. The summed E-state index contributed by atoms with van der Waals surface area (Å²) >= 11 is 0. The number of ether oxygens (including phenoxy) is 1. The third kappa shape index (κ3) is 0.340. The van der Waals surface area contributed by atoms with Crippen LogP contribution in [0.3, 0.4) is 0 Å². The molecule has 0 bridgehead atoms. The molecule has 0 aromatic heterocycles. The van der Waals surface area contributed by atoms with Crippen molar-refractivity contribution in [3.8, 4) is 0 Å². The lowest BCUT2D eigenvalue weighted by molar-refractivity contribution is -0.189. The van der Waals surface area contributed by atoms with Gasteiger partial charge in [-0.15, -0.1) is 0 Å². The summed E-state index contributed by atoms with van der Waals surface area (Å²) in [5.41, 5.74) is -0.855. The molecule has 1 saturated carbocycles. The maximum Gasteiger partial charge on any atom is 0.331 e. The van der Waals surface area contributed by atoms with E-state index in [4.69, 9.17) is 0 Å². The lowest BCUT2D eigenvalue weighted by atomic mass is 9.92. The number of rotatable bonds is 0. The van der Waals surface area contributed by atoms with Crippen LogP contribution in [0.25, 0.3) is 0 Å². The molecule has 2 aliphatic rings. The molecule has 3 heteroatoms. The molecular weight excluding hydrogens is 132 g/mol. The maximum atomic E-state index is 10.8. The molecule has 0 aromatic carbocycles. The van der Waals surface area contributed by atoms with Gasteiger partial charge in [-0.05, 0) is 11.8 Å². The fraction of sp³-hybridized carbons (Fsp3) is 0.714. The van der Waals surface area contributed by atoms with E-state index in [9.17, 15) is 9.59 Å². The predicted molar refractivity (Wildman–Crippen MR) is 31.9 cm³/mol. The van der Waals surface area contributed by atoms with E-state index in [1.54, 1.807) is 0 Å². The van der Waals surface area contributed by atoms with Crippen molar-refractivity contribution in [2.45, 2.75) is 20.3 Å². The van der Waals surface area contributed by atoms with E-state index in [0.717, 1.165) is 0 Å². The van der Waals surface area contributed by atoms with Crippen LogP contribution in [0.2, 0.25) is 0 Å². The predicted octanol–water partition coefficient (Wildman–Crippen LogP) is 0.486. The first-order chi connectivity index (χ1) is 4.51. The summed E-state index contributed by atoms with van der Waals surface area (Å²) in [4.78, 5) is 21.6. The van der Waals surface area contributed by atoms with Crippen molar-refractivity contribution in [3.05, 3.63) is 0 Å². The minimum atomic E-state index is -0.715. The number of esters is 2. The van der Waals surface area contributed by atoms with E-state index < -0.39 is 5.41 Å². The summed E-state index contributed by atoms with van der Waals surface area (Å²) in [6.07, 6.45) is 0.664. The van der Waals surface area contributed by atoms with Crippen LogP contribution < -0.4 is 0 Å². The normalized spacial score (nSPS) is 31.4. The van der Waals surface area contributed by atoms with Gasteiger partial charge in [-0.1, -0.05) is 13.8 Å². The van der Waals surface area contributed by atoms with Gasteiger partial charge < -0.3 is 4.74 Å². The molecule has 0 unspecified atom stereocenters. The highest BCUT2D eigenvalue weighted by atomic mass is 16.6. The molecular formula is C7H8O3. The van der Waals surface area contributed by atoms with Gasteiger partial charge >= 0.3 is 11.9 Å². The van der Waals surface area contributed by atoms with Gasteiger partial charge in [0.2, 0.25) is 0 Å². The van der Waals surface area contributed by atoms with Gasteiger partial charge in [0.05, 0.1) is 0 Å². The maximum absolute atomic E-state index is 10.8. The number of hydrogen-bond acceptors (Lipinski definition) is 3. The summed E-state index contributed by atoms with van der Waals surface area (Å²) < 4.78 is 4.27. The standard InChI is InChI=1S/C7H8O3/c1-6(2)3-7(6)4(8)10-5(7)9/h3H2,1-2H3. The second-order valence-electron chi connectivity index (χ2n) is 3.64. The van der Waals surface area contributed by atoms with E-state index in [0.29, 0.717) is 6.42 Å². The Hall–Kier alpha value is -0.860. The Kier molecular flexibility index (Phi) is 0.667. The summed E-state index contributed by atoms with van der Waals surface area (Å²) in [6, 6.07) is 0. The van der Waals surface area contributed by atoms with Crippen LogP contribution in [0, 0.1) is 10.8 Å². The van der Waals surface area contributed by atoms with Crippen LogP contribution in [0.5, 0.6) is 0 Å². The highest BCUT2D eigenvalue weighted by Crippen LogP contribution is 2.68. The average molecular weight is 140 g/mol. The second-order valence-corrected chi connectivity index (χ2v) is 3.64. The van der Waals surface area contributed by atoms with Crippen LogP contribution in [0.4, 0.5) is 0 Å². The number of carbonyl (C=O) groups is 2. The van der Waals surface area contributed by atoms with Gasteiger partial charge in [0.1, 0.15) is 0 Å². The molecule has 0 radical (unpaired) electrons. The molecule has 1 heterocycles. The van der Waals surface area contributed by atoms with Crippen molar-refractivity contribution in [3.63, 3.8) is 0 Å². The third-order valence-electron chi connectivity index (χ3n) is 2.62. The zero-order valence-corrected chi connectivity index (χ0v) is 5.93. The largest absolute Gasteiger partial charge is 0.391 e. The molecule has 0 N–H and O–H groups in total. The Bertz CT molecular complexity index is 225. The Morgan fingerprint density at radius 1 is 1.30 bits per heavy atom. The zero-order chi connectivity index (χ0) is 7.57. The average Bonchev–Trinajstić information content (AvgIpc) is 2.39. The first-order valence-corrected chi connectivity index (χ1v) is 3.27. The van der Waals surface area contributed by atoms with E-state index in [-0.39, 0.29) is 17.4 Å².